The predicted octanol–water partition coefficient (Wildman–Crippen LogP) is 0.788. The molecule has 1 saturated heterocycles. The average Bonchev–Trinajstić information content (AvgIpc) is 2.83. The Hall–Kier alpha value is -1.73. The Morgan fingerprint density at radius 1 is 1.58 bits per heavy atom. The number of amides is 2. The lowest BCUT2D eigenvalue weighted by atomic mass is 10.2. The molecule has 19 heavy (non-hydrogen) atoms. The first kappa shape index (κ1) is 13.7. The van der Waals surface area contributed by atoms with E-state index in [0.29, 0.717) is 30.3 Å². The number of hydrogen-bond donors (Lipinski definition) is 3. The number of thioether (sulfide) groups is 1. The molecule has 7 heteroatoms. The number of nitrogens with one attached hydrogen (secondary N) is 2. The van der Waals surface area contributed by atoms with E-state index >= 15 is 0 Å². The van der Waals surface area contributed by atoms with E-state index in [4.69, 9.17) is 10.5 Å². The largest absolute Gasteiger partial charge is 0.492 e. The van der Waals surface area contributed by atoms with Crippen LogP contribution < -0.4 is 21.1 Å². The maximum Gasteiger partial charge on any atom is 0.279 e. The first-order chi connectivity index (χ1) is 9.19. The number of carbonyl (C=O) groups is 2. The summed E-state index contributed by atoms with van der Waals surface area (Å²) in [6.45, 7) is 0.856. The molecule has 0 aliphatic carbocycles. The van der Waals surface area contributed by atoms with E-state index in [2.05, 4.69) is 10.6 Å². The van der Waals surface area contributed by atoms with Gasteiger partial charge in [-0.15, -0.1) is 0 Å². The van der Waals surface area contributed by atoms with Gasteiger partial charge in [0, 0.05) is 24.1 Å². The summed E-state index contributed by atoms with van der Waals surface area (Å²) in [5.74, 6) is 0.871. The lowest BCUT2D eigenvalue weighted by Crippen LogP contribution is -2.38. The van der Waals surface area contributed by atoms with E-state index in [0.717, 1.165) is 11.8 Å². The molecule has 1 aliphatic rings. The fourth-order valence-corrected chi connectivity index (χ4v) is 2.37. The minimum atomic E-state index is -0.480. The van der Waals surface area contributed by atoms with Gasteiger partial charge in [-0.25, -0.2) is 0 Å². The van der Waals surface area contributed by atoms with Gasteiger partial charge in [0.25, 0.3) is 5.24 Å². The fourth-order valence-electron chi connectivity index (χ4n) is 1.60. The van der Waals surface area contributed by atoms with Crippen LogP contribution in [0.15, 0.2) is 24.3 Å². The second kappa shape index (κ2) is 6.44. The van der Waals surface area contributed by atoms with Crippen molar-refractivity contribution in [1.29, 1.82) is 0 Å². The number of nitrogens with two attached hydrogens (primary N) is 1. The van der Waals surface area contributed by atoms with Crippen LogP contribution >= 0.6 is 11.8 Å². The minimum absolute atomic E-state index is 0.167. The zero-order valence-electron chi connectivity index (χ0n) is 10.2. The van der Waals surface area contributed by atoms with Crippen LogP contribution in [0.4, 0.5) is 10.5 Å². The van der Waals surface area contributed by atoms with Crippen LogP contribution in [-0.2, 0) is 4.79 Å². The molecule has 1 unspecified atom stereocenters. The minimum Gasteiger partial charge on any atom is -0.492 e. The van der Waals surface area contributed by atoms with Crippen LogP contribution in [0.3, 0.4) is 0 Å². The van der Waals surface area contributed by atoms with E-state index in [1.807, 2.05) is 0 Å². The molecule has 6 nitrogen and oxygen atoms in total. The van der Waals surface area contributed by atoms with Crippen molar-refractivity contribution < 1.29 is 14.3 Å². The molecule has 0 aromatic heterocycles. The molecule has 1 atom stereocenters. The lowest BCUT2D eigenvalue weighted by molar-refractivity contribution is -0.117. The van der Waals surface area contributed by atoms with Crippen molar-refractivity contribution in [3.8, 4) is 5.75 Å². The van der Waals surface area contributed by atoms with Crippen molar-refractivity contribution in [2.75, 3.05) is 24.2 Å². The highest BCUT2D eigenvalue weighted by Crippen LogP contribution is 2.19. The van der Waals surface area contributed by atoms with Crippen molar-refractivity contribution in [2.45, 2.75) is 6.04 Å². The summed E-state index contributed by atoms with van der Waals surface area (Å²) < 4.78 is 5.37. The quantitative estimate of drug-likeness (QED) is 0.742. The topological polar surface area (TPSA) is 93.4 Å². The zero-order valence-corrected chi connectivity index (χ0v) is 11.0. The standard InChI is InChI=1S/C12H15N3O3S/c13-4-5-18-9-3-1-2-8(6-9)14-11(16)10-7-19-12(17)15-10/h1-3,6,10H,4-5,7,13H2,(H,14,16)(H,15,17). The number of hydrogen-bond acceptors (Lipinski definition) is 5. The second-order valence-corrected chi connectivity index (χ2v) is 4.94. The van der Waals surface area contributed by atoms with Crippen molar-refractivity contribution in [3.63, 3.8) is 0 Å². The molecule has 2 amide bonds. The van der Waals surface area contributed by atoms with Crippen LogP contribution in [0, 0.1) is 0 Å². The lowest BCUT2D eigenvalue weighted by Gasteiger charge is -2.11. The summed E-state index contributed by atoms with van der Waals surface area (Å²) in [5, 5.41) is 5.16. The number of ether oxygens (including phenoxy) is 1. The van der Waals surface area contributed by atoms with Gasteiger partial charge in [0.2, 0.25) is 5.91 Å². The Morgan fingerprint density at radius 2 is 2.42 bits per heavy atom. The molecule has 2 rings (SSSR count). The average molecular weight is 281 g/mol. The maximum absolute atomic E-state index is 11.9. The Labute approximate surface area is 115 Å². The van der Waals surface area contributed by atoms with Crippen LogP contribution in [0.25, 0.3) is 0 Å². The maximum atomic E-state index is 11.9. The summed E-state index contributed by atoms with van der Waals surface area (Å²) in [6, 6.07) is 6.57. The predicted molar refractivity (Wildman–Crippen MR) is 74.4 cm³/mol. The number of rotatable bonds is 5. The summed E-state index contributed by atoms with van der Waals surface area (Å²) in [7, 11) is 0. The summed E-state index contributed by atoms with van der Waals surface area (Å²) >= 11 is 1.11. The molecular formula is C12H15N3O3S. The molecule has 0 bridgehead atoms. The highest BCUT2D eigenvalue weighted by atomic mass is 32.2. The van der Waals surface area contributed by atoms with Gasteiger partial charge in [-0.3, -0.25) is 9.59 Å². The highest BCUT2D eigenvalue weighted by Gasteiger charge is 2.27. The third kappa shape index (κ3) is 3.87. The van der Waals surface area contributed by atoms with E-state index in [1.165, 1.54) is 0 Å². The van der Waals surface area contributed by atoms with Crippen molar-refractivity contribution in [3.05, 3.63) is 24.3 Å². The molecule has 4 N–H and O–H groups in total. The zero-order chi connectivity index (χ0) is 13.7. The monoisotopic (exact) mass is 281 g/mol. The highest BCUT2D eigenvalue weighted by molar-refractivity contribution is 8.14. The van der Waals surface area contributed by atoms with E-state index in [-0.39, 0.29) is 11.1 Å². The number of carbonyl (C=O) groups excluding carboxylic acids is 2. The normalized spacial score (nSPS) is 17.9. The Bertz CT molecular complexity index is 481. The molecule has 0 saturated carbocycles. The molecule has 1 fully saturated rings. The Morgan fingerprint density at radius 3 is 3.11 bits per heavy atom. The summed E-state index contributed by atoms with van der Waals surface area (Å²) in [6.07, 6.45) is 0. The van der Waals surface area contributed by atoms with Gasteiger partial charge in [0.15, 0.2) is 0 Å². The number of anilines is 1. The van der Waals surface area contributed by atoms with Gasteiger partial charge in [-0.1, -0.05) is 17.8 Å². The number of benzene rings is 1. The second-order valence-electron chi connectivity index (χ2n) is 3.95. The van der Waals surface area contributed by atoms with E-state index in [1.54, 1.807) is 24.3 Å². The molecular weight excluding hydrogens is 266 g/mol. The van der Waals surface area contributed by atoms with Gasteiger partial charge in [0.05, 0.1) is 0 Å². The van der Waals surface area contributed by atoms with Crippen LogP contribution in [0.5, 0.6) is 5.75 Å². The Balaban J connectivity index is 1.94. The third-order valence-electron chi connectivity index (χ3n) is 2.48. The van der Waals surface area contributed by atoms with E-state index < -0.39 is 6.04 Å². The molecule has 102 valence electrons. The molecule has 1 aromatic rings. The van der Waals surface area contributed by atoms with Crippen LogP contribution in [0.2, 0.25) is 0 Å². The van der Waals surface area contributed by atoms with Gasteiger partial charge < -0.3 is 21.1 Å². The smallest absolute Gasteiger partial charge is 0.279 e. The molecule has 0 spiro atoms. The van der Waals surface area contributed by atoms with Gasteiger partial charge in [-0.2, -0.15) is 0 Å². The third-order valence-corrected chi connectivity index (χ3v) is 3.36. The molecule has 1 aliphatic heterocycles. The van der Waals surface area contributed by atoms with Crippen molar-refractivity contribution in [2.24, 2.45) is 5.73 Å². The molecule has 0 radical (unpaired) electrons. The fraction of sp³-hybridized carbons (Fsp3) is 0.333. The van der Waals surface area contributed by atoms with Gasteiger partial charge >= 0.3 is 0 Å². The van der Waals surface area contributed by atoms with Crippen molar-refractivity contribution >= 4 is 28.6 Å². The van der Waals surface area contributed by atoms with Crippen LogP contribution in [0.1, 0.15) is 0 Å². The van der Waals surface area contributed by atoms with E-state index in [9.17, 15) is 9.59 Å². The van der Waals surface area contributed by atoms with Crippen molar-refractivity contribution in [1.82, 2.24) is 5.32 Å². The van der Waals surface area contributed by atoms with Gasteiger partial charge in [0.1, 0.15) is 18.4 Å². The molecule has 1 heterocycles. The summed E-state index contributed by atoms with van der Waals surface area (Å²) in [5.41, 5.74) is 5.98. The SMILES string of the molecule is NCCOc1cccc(NC(=O)C2CSC(=O)N2)c1. The Kier molecular flexibility index (Phi) is 4.64. The first-order valence-electron chi connectivity index (χ1n) is 5.86. The summed E-state index contributed by atoms with van der Waals surface area (Å²) in [4.78, 5) is 22.9. The molecule has 1 aromatic carbocycles. The van der Waals surface area contributed by atoms with Crippen LogP contribution in [-0.4, -0.2) is 36.1 Å². The van der Waals surface area contributed by atoms with Gasteiger partial charge in [-0.05, 0) is 12.1 Å². The first-order valence-corrected chi connectivity index (χ1v) is 6.84.